The highest BCUT2D eigenvalue weighted by Gasteiger charge is 2.38. The van der Waals surface area contributed by atoms with Crippen molar-refractivity contribution in [2.45, 2.75) is 45.6 Å². The molecule has 0 unspecified atom stereocenters. The zero-order valence-electron chi connectivity index (χ0n) is 10.0. The summed E-state index contributed by atoms with van der Waals surface area (Å²) >= 11 is 0. The van der Waals surface area contributed by atoms with Gasteiger partial charge in [-0.25, -0.2) is 9.67 Å². The second kappa shape index (κ2) is 3.69. The predicted octanol–water partition coefficient (Wildman–Crippen LogP) is 1.91. The van der Waals surface area contributed by atoms with Gasteiger partial charge in [-0.1, -0.05) is 0 Å². The number of fused-ring (bicyclic) bond motifs is 1. The Labute approximate surface area is 97.4 Å². The maximum absolute atomic E-state index is 12.5. The SMILES string of the molecule is CC(C)(C)N1CCn2nc(C(F)(F)F)nc2C1. The molecule has 2 heterocycles. The number of halogens is 3. The van der Waals surface area contributed by atoms with Crippen molar-refractivity contribution in [2.24, 2.45) is 0 Å². The molecular weight excluding hydrogens is 233 g/mol. The van der Waals surface area contributed by atoms with E-state index in [1.165, 1.54) is 4.68 Å². The van der Waals surface area contributed by atoms with Gasteiger partial charge in [0.15, 0.2) is 0 Å². The third-order valence-corrected chi connectivity index (χ3v) is 2.86. The molecule has 1 aromatic rings. The van der Waals surface area contributed by atoms with Crippen molar-refractivity contribution < 1.29 is 13.2 Å². The summed E-state index contributed by atoms with van der Waals surface area (Å²) in [4.78, 5) is 5.67. The normalized spacial score (nSPS) is 18.2. The summed E-state index contributed by atoms with van der Waals surface area (Å²) in [5, 5.41) is 3.49. The summed E-state index contributed by atoms with van der Waals surface area (Å²) in [7, 11) is 0. The molecule has 1 aromatic heterocycles. The van der Waals surface area contributed by atoms with Gasteiger partial charge >= 0.3 is 6.18 Å². The number of hydrogen-bond acceptors (Lipinski definition) is 3. The Hall–Kier alpha value is -1.11. The van der Waals surface area contributed by atoms with E-state index in [4.69, 9.17) is 0 Å². The Morgan fingerprint density at radius 1 is 1.12 bits per heavy atom. The third kappa shape index (κ3) is 2.43. The lowest BCUT2D eigenvalue weighted by Crippen LogP contribution is -2.46. The van der Waals surface area contributed by atoms with Crippen LogP contribution in [0.15, 0.2) is 0 Å². The van der Waals surface area contributed by atoms with Crippen molar-refractivity contribution >= 4 is 0 Å². The van der Waals surface area contributed by atoms with Crippen LogP contribution in [0.1, 0.15) is 32.4 Å². The minimum absolute atomic E-state index is 0.0738. The van der Waals surface area contributed by atoms with E-state index in [2.05, 4.69) is 15.0 Å². The molecule has 2 rings (SSSR count). The van der Waals surface area contributed by atoms with Crippen LogP contribution >= 0.6 is 0 Å². The first-order chi connectivity index (χ1) is 7.68. The molecule has 0 bridgehead atoms. The summed E-state index contributed by atoms with van der Waals surface area (Å²) < 4.78 is 38.7. The fraction of sp³-hybridized carbons (Fsp3) is 0.800. The highest BCUT2D eigenvalue weighted by Crippen LogP contribution is 2.28. The average Bonchev–Trinajstić information content (AvgIpc) is 2.57. The molecule has 0 aromatic carbocycles. The van der Waals surface area contributed by atoms with Crippen LogP contribution in [-0.2, 0) is 19.3 Å². The number of hydrogen-bond donors (Lipinski definition) is 0. The van der Waals surface area contributed by atoms with Crippen molar-refractivity contribution in [3.05, 3.63) is 11.6 Å². The van der Waals surface area contributed by atoms with Crippen LogP contribution in [-0.4, -0.2) is 31.7 Å². The topological polar surface area (TPSA) is 34.0 Å². The molecule has 4 nitrogen and oxygen atoms in total. The summed E-state index contributed by atoms with van der Waals surface area (Å²) in [5.41, 5.74) is -0.0738. The van der Waals surface area contributed by atoms with Gasteiger partial charge in [-0.15, -0.1) is 5.10 Å². The van der Waals surface area contributed by atoms with Gasteiger partial charge in [0.05, 0.1) is 13.1 Å². The van der Waals surface area contributed by atoms with E-state index >= 15 is 0 Å². The highest BCUT2D eigenvalue weighted by atomic mass is 19.4. The van der Waals surface area contributed by atoms with E-state index < -0.39 is 12.0 Å². The molecule has 7 heteroatoms. The first-order valence-corrected chi connectivity index (χ1v) is 5.44. The number of aromatic nitrogens is 3. The molecule has 0 spiro atoms. The predicted molar refractivity (Wildman–Crippen MR) is 55.2 cm³/mol. The monoisotopic (exact) mass is 248 g/mol. The maximum atomic E-state index is 12.5. The fourth-order valence-corrected chi connectivity index (χ4v) is 1.83. The van der Waals surface area contributed by atoms with Gasteiger partial charge in [0.1, 0.15) is 5.82 Å². The van der Waals surface area contributed by atoms with Gasteiger partial charge < -0.3 is 0 Å². The Bertz CT molecular complexity index is 416. The van der Waals surface area contributed by atoms with Crippen LogP contribution in [0, 0.1) is 0 Å². The molecule has 17 heavy (non-hydrogen) atoms. The second-order valence-electron chi connectivity index (χ2n) is 5.16. The van der Waals surface area contributed by atoms with Gasteiger partial charge in [-0.3, -0.25) is 4.90 Å². The maximum Gasteiger partial charge on any atom is 0.453 e. The van der Waals surface area contributed by atoms with E-state index in [-0.39, 0.29) is 5.54 Å². The van der Waals surface area contributed by atoms with Crippen molar-refractivity contribution in [2.75, 3.05) is 6.54 Å². The van der Waals surface area contributed by atoms with Crippen LogP contribution in [0.2, 0.25) is 0 Å². The molecule has 0 saturated heterocycles. The minimum Gasteiger partial charge on any atom is -0.289 e. The Kier molecular flexibility index (Phi) is 2.68. The van der Waals surface area contributed by atoms with Crippen LogP contribution in [0.5, 0.6) is 0 Å². The fourth-order valence-electron chi connectivity index (χ4n) is 1.83. The first kappa shape index (κ1) is 12.3. The summed E-state index contributed by atoms with van der Waals surface area (Å²) in [6, 6.07) is 0. The van der Waals surface area contributed by atoms with Gasteiger partial charge in [0.2, 0.25) is 0 Å². The highest BCUT2D eigenvalue weighted by molar-refractivity contribution is 5.00. The van der Waals surface area contributed by atoms with Crippen LogP contribution in [0.3, 0.4) is 0 Å². The number of alkyl halides is 3. The van der Waals surface area contributed by atoms with Crippen LogP contribution in [0.25, 0.3) is 0 Å². The zero-order valence-corrected chi connectivity index (χ0v) is 10.0. The molecule has 1 aliphatic rings. The third-order valence-electron chi connectivity index (χ3n) is 2.86. The Balaban J connectivity index is 2.25. The van der Waals surface area contributed by atoms with E-state index in [1.807, 2.05) is 20.8 Å². The lowest BCUT2D eigenvalue weighted by Gasteiger charge is -2.37. The molecule has 96 valence electrons. The van der Waals surface area contributed by atoms with Gasteiger partial charge in [-0.2, -0.15) is 13.2 Å². The molecule has 0 saturated carbocycles. The van der Waals surface area contributed by atoms with E-state index in [0.29, 0.717) is 25.5 Å². The van der Waals surface area contributed by atoms with Gasteiger partial charge in [-0.05, 0) is 20.8 Å². The number of rotatable bonds is 0. The van der Waals surface area contributed by atoms with E-state index in [0.717, 1.165) is 0 Å². The number of nitrogens with zero attached hydrogens (tertiary/aromatic N) is 4. The molecule has 0 radical (unpaired) electrons. The first-order valence-electron chi connectivity index (χ1n) is 5.44. The lowest BCUT2D eigenvalue weighted by molar-refractivity contribution is -0.145. The lowest BCUT2D eigenvalue weighted by atomic mass is 10.1. The van der Waals surface area contributed by atoms with Crippen molar-refractivity contribution in [1.82, 2.24) is 19.7 Å². The molecule has 0 amide bonds. The smallest absolute Gasteiger partial charge is 0.289 e. The second-order valence-corrected chi connectivity index (χ2v) is 5.16. The Morgan fingerprint density at radius 3 is 2.29 bits per heavy atom. The summed E-state index contributed by atoms with van der Waals surface area (Å²) in [6.07, 6.45) is -4.46. The van der Waals surface area contributed by atoms with Crippen molar-refractivity contribution in [3.8, 4) is 0 Å². The quantitative estimate of drug-likeness (QED) is 0.703. The zero-order chi connectivity index (χ0) is 12.8. The molecular formula is C10H15F3N4. The van der Waals surface area contributed by atoms with E-state index in [9.17, 15) is 13.2 Å². The molecule has 1 aliphatic heterocycles. The average molecular weight is 248 g/mol. The Morgan fingerprint density at radius 2 is 1.76 bits per heavy atom. The van der Waals surface area contributed by atoms with Gasteiger partial charge in [0.25, 0.3) is 5.82 Å². The van der Waals surface area contributed by atoms with Crippen LogP contribution < -0.4 is 0 Å². The summed E-state index contributed by atoms with van der Waals surface area (Å²) in [6.45, 7) is 7.65. The van der Waals surface area contributed by atoms with Crippen molar-refractivity contribution in [3.63, 3.8) is 0 Å². The van der Waals surface area contributed by atoms with E-state index in [1.54, 1.807) is 0 Å². The molecule has 0 fully saturated rings. The molecule has 0 N–H and O–H groups in total. The van der Waals surface area contributed by atoms with Gasteiger partial charge in [0, 0.05) is 12.1 Å². The van der Waals surface area contributed by atoms with Crippen molar-refractivity contribution in [1.29, 1.82) is 0 Å². The largest absolute Gasteiger partial charge is 0.453 e. The minimum atomic E-state index is -4.46. The molecule has 0 atom stereocenters. The summed E-state index contributed by atoms with van der Waals surface area (Å²) in [5.74, 6) is -0.651. The van der Waals surface area contributed by atoms with Crippen LogP contribution in [0.4, 0.5) is 13.2 Å². The molecule has 0 aliphatic carbocycles. The standard InChI is InChI=1S/C10H15F3N4/c1-9(2,3)16-4-5-17-7(6-16)14-8(15-17)10(11,12)13/h4-6H2,1-3H3.